The van der Waals surface area contributed by atoms with Crippen molar-refractivity contribution in [3.8, 4) is 5.69 Å². The number of carbonyl (C=O) groups is 1. The van der Waals surface area contributed by atoms with Crippen LogP contribution in [0.1, 0.15) is 36.2 Å². The number of hydrogen-bond donors (Lipinski definition) is 0. The van der Waals surface area contributed by atoms with Gasteiger partial charge in [0.1, 0.15) is 5.82 Å². The lowest BCUT2D eigenvalue weighted by atomic mass is 9.90. The van der Waals surface area contributed by atoms with Gasteiger partial charge in [0.15, 0.2) is 5.69 Å². The summed E-state index contributed by atoms with van der Waals surface area (Å²) in [5, 5.41) is 4.35. The van der Waals surface area contributed by atoms with E-state index in [1.54, 1.807) is 24.4 Å². The zero-order chi connectivity index (χ0) is 16.5. The van der Waals surface area contributed by atoms with Gasteiger partial charge >= 0.3 is 0 Å². The zero-order valence-corrected chi connectivity index (χ0v) is 13.4. The molecule has 1 aliphatic heterocycles. The van der Waals surface area contributed by atoms with Crippen molar-refractivity contribution < 1.29 is 13.9 Å². The average molecular weight is 329 g/mol. The SMILES string of the molecule is O=C(c1ccn(-c2cccc(F)c2)n1)N1CCOC2CCCCC21. The third kappa shape index (κ3) is 2.82. The number of halogens is 1. The highest BCUT2D eigenvalue weighted by atomic mass is 19.1. The molecule has 2 fully saturated rings. The molecular formula is C18H20FN3O2. The molecule has 4 rings (SSSR count). The van der Waals surface area contributed by atoms with Crippen molar-refractivity contribution in [2.24, 2.45) is 0 Å². The van der Waals surface area contributed by atoms with Crippen molar-refractivity contribution in [1.82, 2.24) is 14.7 Å². The first-order valence-electron chi connectivity index (χ1n) is 8.46. The first-order chi connectivity index (χ1) is 11.7. The molecule has 126 valence electrons. The molecule has 24 heavy (non-hydrogen) atoms. The Morgan fingerprint density at radius 2 is 2.12 bits per heavy atom. The third-order valence-corrected chi connectivity index (χ3v) is 4.87. The predicted octanol–water partition coefficient (Wildman–Crippen LogP) is 2.80. The normalized spacial score (nSPS) is 23.8. The van der Waals surface area contributed by atoms with E-state index in [4.69, 9.17) is 4.74 Å². The van der Waals surface area contributed by atoms with E-state index in [0.29, 0.717) is 24.5 Å². The fraction of sp³-hybridized carbons (Fsp3) is 0.444. The summed E-state index contributed by atoms with van der Waals surface area (Å²) in [5.74, 6) is -0.389. The van der Waals surface area contributed by atoms with Gasteiger partial charge in [-0.1, -0.05) is 18.9 Å². The minimum atomic E-state index is -0.325. The van der Waals surface area contributed by atoms with Crippen molar-refractivity contribution in [1.29, 1.82) is 0 Å². The van der Waals surface area contributed by atoms with E-state index >= 15 is 0 Å². The summed E-state index contributed by atoms with van der Waals surface area (Å²) in [6.07, 6.45) is 6.15. The molecule has 0 bridgehead atoms. The van der Waals surface area contributed by atoms with Gasteiger partial charge in [-0.2, -0.15) is 5.10 Å². The van der Waals surface area contributed by atoms with Crippen LogP contribution in [0, 0.1) is 5.82 Å². The number of morpholine rings is 1. The Bertz CT molecular complexity index is 743. The maximum atomic E-state index is 13.4. The Hall–Kier alpha value is -2.21. The fourth-order valence-electron chi connectivity index (χ4n) is 3.70. The van der Waals surface area contributed by atoms with Crippen LogP contribution >= 0.6 is 0 Å². The molecule has 1 saturated heterocycles. The van der Waals surface area contributed by atoms with Gasteiger partial charge in [-0.3, -0.25) is 4.79 Å². The third-order valence-electron chi connectivity index (χ3n) is 4.87. The number of ether oxygens (including phenoxy) is 1. The number of hydrogen-bond acceptors (Lipinski definition) is 3. The second-order valence-corrected chi connectivity index (χ2v) is 6.39. The van der Waals surface area contributed by atoms with Gasteiger partial charge < -0.3 is 9.64 Å². The molecule has 0 spiro atoms. The molecule has 2 aliphatic rings. The lowest BCUT2D eigenvalue weighted by molar-refractivity contribution is -0.0754. The predicted molar refractivity (Wildman–Crippen MR) is 86.6 cm³/mol. The van der Waals surface area contributed by atoms with Gasteiger partial charge in [0.2, 0.25) is 0 Å². The monoisotopic (exact) mass is 329 g/mol. The first-order valence-corrected chi connectivity index (χ1v) is 8.46. The van der Waals surface area contributed by atoms with Crippen molar-refractivity contribution in [3.63, 3.8) is 0 Å². The second kappa shape index (κ2) is 6.36. The average Bonchev–Trinajstić information content (AvgIpc) is 3.11. The first kappa shape index (κ1) is 15.3. The molecule has 5 nitrogen and oxygen atoms in total. The van der Waals surface area contributed by atoms with Gasteiger partial charge in [0.25, 0.3) is 5.91 Å². The maximum absolute atomic E-state index is 13.4. The van der Waals surface area contributed by atoms with E-state index in [0.717, 1.165) is 25.7 Å². The summed E-state index contributed by atoms with van der Waals surface area (Å²) in [7, 11) is 0. The Labute approximate surface area is 140 Å². The molecule has 2 heterocycles. The number of nitrogens with zero attached hydrogens (tertiary/aromatic N) is 3. The van der Waals surface area contributed by atoms with Crippen LogP contribution in [0.15, 0.2) is 36.5 Å². The van der Waals surface area contributed by atoms with Crippen LogP contribution in [-0.2, 0) is 4.74 Å². The summed E-state index contributed by atoms with van der Waals surface area (Å²) in [6.45, 7) is 1.18. The Morgan fingerprint density at radius 1 is 1.25 bits per heavy atom. The molecule has 1 aromatic heterocycles. The van der Waals surface area contributed by atoms with Gasteiger partial charge in [-0.05, 0) is 37.1 Å². The molecular weight excluding hydrogens is 309 g/mol. The maximum Gasteiger partial charge on any atom is 0.274 e. The van der Waals surface area contributed by atoms with Crippen molar-refractivity contribution in [3.05, 3.63) is 48.0 Å². The number of rotatable bonds is 2. The van der Waals surface area contributed by atoms with Crippen molar-refractivity contribution in [2.75, 3.05) is 13.2 Å². The summed E-state index contributed by atoms with van der Waals surface area (Å²) in [4.78, 5) is 14.8. The quantitative estimate of drug-likeness (QED) is 0.851. The molecule has 2 atom stereocenters. The number of aromatic nitrogens is 2. The van der Waals surface area contributed by atoms with Crippen LogP contribution in [0.2, 0.25) is 0 Å². The topological polar surface area (TPSA) is 47.4 Å². The van der Waals surface area contributed by atoms with Crippen LogP contribution in [0.5, 0.6) is 0 Å². The highest BCUT2D eigenvalue weighted by Gasteiger charge is 2.37. The summed E-state index contributed by atoms with van der Waals surface area (Å²) in [5.41, 5.74) is 0.997. The van der Waals surface area contributed by atoms with E-state index in [2.05, 4.69) is 5.10 Å². The molecule has 1 aliphatic carbocycles. The lowest BCUT2D eigenvalue weighted by Crippen LogP contribution is -2.54. The number of fused-ring (bicyclic) bond motifs is 1. The van der Waals surface area contributed by atoms with E-state index in [-0.39, 0.29) is 23.9 Å². The van der Waals surface area contributed by atoms with Gasteiger partial charge in [-0.25, -0.2) is 9.07 Å². The van der Waals surface area contributed by atoms with E-state index in [1.807, 2.05) is 4.90 Å². The molecule has 1 amide bonds. The molecule has 6 heteroatoms. The smallest absolute Gasteiger partial charge is 0.274 e. The van der Waals surface area contributed by atoms with E-state index in [9.17, 15) is 9.18 Å². The Morgan fingerprint density at radius 3 is 3.00 bits per heavy atom. The van der Waals surface area contributed by atoms with E-state index in [1.165, 1.54) is 16.8 Å². The molecule has 1 saturated carbocycles. The zero-order valence-electron chi connectivity index (χ0n) is 13.4. The summed E-state index contributed by atoms with van der Waals surface area (Å²) >= 11 is 0. The van der Waals surface area contributed by atoms with Gasteiger partial charge in [0.05, 0.1) is 24.4 Å². The number of benzene rings is 1. The summed E-state index contributed by atoms with van der Waals surface area (Å²) in [6, 6.07) is 8.02. The molecule has 0 radical (unpaired) electrons. The van der Waals surface area contributed by atoms with Crippen molar-refractivity contribution in [2.45, 2.75) is 37.8 Å². The minimum Gasteiger partial charge on any atom is -0.374 e. The Balaban J connectivity index is 1.56. The van der Waals surface area contributed by atoms with Crippen molar-refractivity contribution >= 4 is 5.91 Å². The highest BCUT2D eigenvalue weighted by Crippen LogP contribution is 2.29. The minimum absolute atomic E-state index is 0.0645. The lowest BCUT2D eigenvalue weighted by Gasteiger charge is -2.43. The van der Waals surface area contributed by atoms with Crippen LogP contribution in [0.25, 0.3) is 5.69 Å². The van der Waals surface area contributed by atoms with Crippen LogP contribution in [0.4, 0.5) is 4.39 Å². The summed E-state index contributed by atoms with van der Waals surface area (Å²) < 4.78 is 20.7. The van der Waals surface area contributed by atoms with E-state index < -0.39 is 0 Å². The van der Waals surface area contributed by atoms with Crippen LogP contribution in [-0.4, -0.2) is 45.9 Å². The molecule has 1 aromatic carbocycles. The fourth-order valence-corrected chi connectivity index (χ4v) is 3.70. The number of carbonyl (C=O) groups excluding carboxylic acids is 1. The van der Waals surface area contributed by atoms with Crippen LogP contribution < -0.4 is 0 Å². The van der Waals surface area contributed by atoms with Gasteiger partial charge in [-0.15, -0.1) is 0 Å². The Kier molecular flexibility index (Phi) is 4.06. The highest BCUT2D eigenvalue weighted by molar-refractivity contribution is 5.92. The molecule has 2 aromatic rings. The second-order valence-electron chi connectivity index (χ2n) is 6.39. The number of amides is 1. The largest absolute Gasteiger partial charge is 0.374 e. The molecule has 0 N–H and O–H groups in total. The standard InChI is InChI=1S/C18H20FN3O2/c19-13-4-3-5-14(12-13)22-9-8-15(20-22)18(23)21-10-11-24-17-7-2-1-6-16(17)21/h3-5,8-9,12,16-17H,1-2,6-7,10-11H2. The molecule has 2 unspecified atom stereocenters. The van der Waals surface area contributed by atoms with Gasteiger partial charge in [0, 0.05) is 12.7 Å². The van der Waals surface area contributed by atoms with Crippen LogP contribution in [0.3, 0.4) is 0 Å².